The van der Waals surface area contributed by atoms with Gasteiger partial charge >= 0.3 is 0 Å². The van der Waals surface area contributed by atoms with Crippen molar-refractivity contribution < 1.29 is 4.52 Å². The van der Waals surface area contributed by atoms with Crippen LogP contribution in [0.1, 0.15) is 30.6 Å². The van der Waals surface area contributed by atoms with Gasteiger partial charge in [-0.2, -0.15) is 4.98 Å². The van der Waals surface area contributed by atoms with Crippen molar-refractivity contribution >= 4 is 5.69 Å². The molecule has 0 amide bonds. The lowest BCUT2D eigenvalue weighted by Crippen LogP contribution is -1.95. The summed E-state index contributed by atoms with van der Waals surface area (Å²) in [4.78, 5) is 4.30. The van der Waals surface area contributed by atoms with Crippen LogP contribution in [0.15, 0.2) is 28.8 Å². The van der Waals surface area contributed by atoms with E-state index in [9.17, 15) is 0 Å². The smallest absolute Gasteiger partial charge is 0.231 e. The molecule has 4 nitrogen and oxygen atoms in total. The first kappa shape index (κ1) is 10.7. The van der Waals surface area contributed by atoms with E-state index >= 15 is 0 Å². The minimum absolute atomic E-state index is 0.601. The SMILES string of the molecule is CCCc1noc(Cc2ccccc2N)n1. The minimum atomic E-state index is 0.601. The van der Waals surface area contributed by atoms with E-state index in [1.807, 2.05) is 24.3 Å². The van der Waals surface area contributed by atoms with E-state index in [0.29, 0.717) is 12.3 Å². The summed E-state index contributed by atoms with van der Waals surface area (Å²) in [5.74, 6) is 1.40. The third kappa shape index (κ3) is 2.39. The van der Waals surface area contributed by atoms with Gasteiger partial charge in [-0.3, -0.25) is 0 Å². The summed E-state index contributed by atoms with van der Waals surface area (Å²) in [6.45, 7) is 2.09. The van der Waals surface area contributed by atoms with Gasteiger partial charge in [0.2, 0.25) is 5.89 Å². The van der Waals surface area contributed by atoms with Crippen molar-refractivity contribution in [2.45, 2.75) is 26.2 Å². The summed E-state index contributed by atoms with van der Waals surface area (Å²) >= 11 is 0. The summed E-state index contributed by atoms with van der Waals surface area (Å²) in [5.41, 5.74) is 7.63. The van der Waals surface area contributed by atoms with Gasteiger partial charge in [-0.15, -0.1) is 0 Å². The Morgan fingerprint density at radius 1 is 1.31 bits per heavy atom. The molecule has 0 saturated carbocycles. The van der Waals surface area contributed by atoms with Crippen LogP contribution in [0.4, 0.5) is 5.69 Å². The molecule has 84 valence electrons. The number of aryl methyl sites for hydroxylation is 1. The van der Waals surface area contributed by atoms with Crippen molar-refractivity contribution in [2.75, 3.05) is 5.73 Å². The summed E-state index contributed by atoms with van der Waals surface area (Å²) in [7, 11) is 0. The molecule has 0 saturated heterocycles. The van der Waals surface area contributed by atoms with Gasteiger partial charge in [-0.1, -0.05) is 30.3 Å². The molecule has 1 aromatic heterocycles. The normalized spacial score (nSPS) is 10.6. The number of nitrogens with two attached hydrogens (primary N) is 1. The quantitative estimate of drug-likeness (QED) is 0.797. The molecule has 0 aliphatic heterocycles. The standard InChI is InChI=1S/C12H15N3O/c1-2-5-11-14-12(16-15-11)8-9-6-3-4-7-10(9)13/h3-4,6-7H,2,5,8,13H2,1H3. The number of aromatic nitrogens is 2. The fourth-order valence-corrected chi connectivity index (χ4v) is 1.55. The van der Waals surface area contributed by atoms with E-state index in [1.165, 1.54) is 0 Å². The molecule has 0 bridgehead atoms. The maximum atomic E-state index is 5.84. The predicted molar refractivity (Wildman–Crippen MR) is 62.0 cm³/mol. The Morgan fingerprint density at radius 3 is 2.88 bits per heavy atom. The van der Waals surface area contributed by atoms with Crippen molar-refractivity contribution in [1.82, 2.24) is 10.1 Å². The average molecular weight is 217 g/mol. The average Bonchev–Trinajstić information content (AvgIpc) is 2.70. The summed E-state index contributed by atoms with van der Waals surface area (Å²) in [6.07, 6.45) is 2.48. The molecule has 0 radical (unpaired) electrons. The number of hydrogen-bond donors (Lipinski definition) is 1. The van der Waals surface area contributed by atoms with Crippen LogP contribution in [0, 0.1) is 0 Å². The molecule has 0 fully saturated rings. The molecular formula is C12H15N3O. The minimum Gasteiger partial charge on any atom is -0.398 e. The zero-order chi connectivity index (χ0) is 11.4. The number of anilines is 1. The highest BCUT2D eigenvalue weighted by Gasteiger charge is 2.07. The molecule has 1 heterocycles. The highest BCUT2D eigenvalue weighted by atomic mass is 16.5. The van der Waals surface area contributed by atoms with Crippen molar-refractivity contribution in [3.8, 4) is 0 Å². The number of para-hydroxylation sites is 1. The zero-order valence-corrected chi connectivity index (χ0v) is 9.31. The Balaban J connectivity index is 2.11. The maximum absolute atomic E-state index is 5.84. The van der Waals surface area contributed by atoms with Crippen LogP contribution in [0.5, 0.6) is 0 Å². The van der Waals surface area contributed by atoms with E-state index in [4.69, 9.17) is 10.3 Å². The van der Waals surface area contributed by atoms with Crippen LogP contribution >= 0.6 is 0 Å². The molecular weight excluding hydrogens is 202 g/mol. The van der Waals surface area contributed by atoms with Crippen molar-refractivity contribution in [2.24, 2.45) is 0 Å². The first-order chi connectivity index (χ1) is 7.79. The highest BCUT2D eigenvalue weighted by molar-refractivity contribution is 5.47. The second-order valence-corrected chi connectivity index (χ2v) is 3.73. The van der Waals surface area contributed by atoms with Gasteiger partial charge in [0.25, 0.3) is 0 Å². The summed E-state index contributed by atoms with van der Waals surface area (Å²) < 4.78 is 5.16. The van der Waals surface area contributed by atoms with E-state index in [2.05, 4.69) is 17.1 Å². The van der Waals surface area contributed by atoms with Crippen molar-refractivity contribution in [1.29, 1.82) is 0 Å². The monoisotopic (exact) mass is 217 g/mol. The van der Waals surface area contributed by atoms with Gasteiger partial charge < -0.3 is 10.3 Å². The Morgan fingerprint density at radius 2 is 2.12 bits per heavy atom. The Bertz CT molecular complexity index is 465. The van der Waals surface area contributed by atoms with Crippen LogP contribution in [0.3, 0.4) is 0 Å². The Labute approximate surface area is 94.5 Å². The van der Waals surface area contributed by atoms with Crippen LogP contribution in [-0.2, 0) is 12.8 Å². The van der Waals surface area contributed by atoms with Crippen molar-refractivity contribution in [3.63, 3.8) is 0 Å². The Kier molecular flexibility index (Phi) is 3.19. The lowest BCUT2D eigenvalue weighted by Gasteiger charge is -2.00. The number of nitrogen functional groups attached to an aromatic ring is 1. The Hall–Kier alpha value is -1.84. The molecule has 0 unspecified atom stereocenters. The largest absolute Gasteiger partial charge is 0.398 e. The number of nitrogens with zero attached hydrogens (tertiary/aromatic N) is 2. The molecule has 0 spiro atoms. The second kappa shape index (κ2) is 4.79. The second-order valence-electron chi connectivity index (χ2n) is 3.73. The van der Waals surface area contributed by atoms with Gasteiger partial charge in [0.05, 0.1) is 6.42 Å². The molecule has 2 rings (SSSR count). The fourth-order valence-electron chi connectivity index (χ4n) is 1.55. The summed E-state index contributed by atoms with van der Waals surface area (Å²) in [6, 6.07) is 7.71. The molecule has 4 heteroatoms. The molecule has 0 aliphatic carbocycles. The highest BCUT2D eigenvalue weighted by Crippen LogP contribution is 2.14. The first-order valence-corrected chi connectivity index (χ1v) is 5.44. The van der Waals surface area contributed by atoms with Gasteiger partial charge in [0.15, 0.2) is 5.82 Å². The zero-order valence-electron chi connectivity index (χ0n) is 9.31. The number of rotatable bonds is 4. The number of hydrogen-bond acceptors (Lipinski definition) is 4. The van der Waals surface area contributed by atoms with Gasteiger partial charge in [0.1, 0.15) is 0 Å². The third-order valence-electron chi connectivity index (χ3n) is 2.38. The van der Waals surface area contributed by atoms with Gasteiger partial charge in [-0.25, -0.2) is 0 Å². The van der Waals surface area contributed by atoms with Crippen LogP contribution in [0.25, 0.3) is 0 Å². The molecule has 1 aromatic carbocycles. The predicted octanol–water partition coefficient (Wildman–Crippen LogP) is 2.20. The van der Waals surface area contributed by atoms with Crippen LogP contribution in [-0.4, -0.2) is 10.1 Å². The van der Waals surface area contributed by atoms with E-state index in [-0.39, 0.29) is 0 Å². The van der Waals surface area contributed by atoms with E-state index in [0.717, 1.165) is 29.9 Å². The fraction of sp³-hybridized carbons (Fsp3) is 0.333. The molecule has 2 N–H and O–H groups in total. The van der Waals surface area contributed by atoms with E-state index in [1.54, 1.807) is 0 Å². The number of benzene rings is 1. The lowest BCUT2D eigenvalue weighted by atomic mass is 10.1. The van der Waals surface area contributed by atoms with Gasteiger partial charge in [0, 0.05) is 12.1 Å². The summed E-state index contributed by atoms with van der Waals surface area (Å²) in [5, 5.41) is 3.90. The third-order valence-corrected chi connectivity index (χ3v) is 2.38. The van der Waals surface area contributed by atoms with Gasteiger partial charge in [-0.05, 0) is 18.1 Å². The molecule has 0 atom stereocenters. The molecule has 16 heavy (non-hydrogen) atoms. The molecule has 0 aliphatic rings. The van der Waals surface area contributed by atoms with Crippen LogP contribution in [0.2, 0.25) is 0 Å². The molecule has 2 aromatic rings. The van der Waals surface area contributed by atoms with E-state index < -0.39 is 0 Å². The van der Waals surface area contributed by atoms with Crippen LogP contribution < -0.4 is 5.73 Å². The topological polar surface area (TPSA) is 64.9 Å². The maximum Gasteiger partial charge on any atom is 0.231 e. The lowest BCUT2D eigenvalue weighted by molar-refractivity contribution is 0.379. The first-order valence-electron chi connectivity index (χ1n) is 5.44. The van der Waals surface area contributed by atoms with Crippen molar-refractivity contribution in [3.05, 3.63) is 41.5 Å².